The molecule has 168 valence electrons. The predicted molar refractivity (Wildman–Crippen MR) is 117 cm³/mol. The normalized spacial score (nSPS) is 11.2. The van der Waals surface area contributed by atoms with Gasteiger partial charge in [0.15, 0.2) is 0 Å². The third kappa shape index (κ3) is 29.1. The highest BCUT2D eigenvalue weighted by molar-refractivity contribution is 5.71. The minimum Gasteiger partial charge on any atom is -0.481 e. The van der Waals surface area contributed by atoms with E-state index in [0.717, 1.165) is 51.4 Å². The Bertz CT molecular complexity index is 374. The van der Waals surface area contributed by atoms with Crippen LogP contribution < -0.4 is 0 Å². The lowest BCUT2D eigenvalue weighted by molar-refractivity contribution is -0.148. The first kappa shape index (κ1) is 33.9. The van der Waals surface area contributed by atoms with Gasteiger partial charge in [-0.05, 0) is 51.4 Å². The van der Waals surface area contributed by atoms with Crippen LogP contribution in [0.5, 0.6) is 0 Å². The minimum atomic E-state index is -0.706. The van der Waals surface area contributed by atoms with Crippen LogP contribution >= 0.6 is 0 Å². The molecular weight excluding hydrogens is 360 g/mol. The lowest BCUT2D eigenvalue weighted by atomic mass is 10.1. The molecule has 0 spiro atoms. The van der Waals surface area contributed by atoms with E-state index in [0.29, 0.717) is 13.2 Å². The van der Waals surface area contributed by atoms with Crippen LogP contribution in [0.25, 0.3) is 0 Å². The number of carbonyl (C=O) groups excluding carboxylic acids is 1. The minimum absolute atomic E-state index is 0. The van der Waals surface area contributed by atoms with Gasteiger partial charge in [-0.2, -0.15) is 0 Å². The molecule has 0 aromatic carbocycles. The molecule has 0 aromatic heterocycles. The number of carbonyl (C=O) groups is 2. The first-order chi connectivity index (χ1) is 12.8. The van der Waals surface area contributed by atoms with Crippen molar-refractivity contribution in [2.45, 2.75) is 79.1 Å². The first-order valence-electron chi connectivity index (χ1n) is 10.0. The zero-order valence-corrected chi connectivity index (χ0v) is 18.4. The Morgan fingerprint density at radius 1 is 0.964 bits per heavy atom. The summed E-state index contributed by atoms with van der Waals surface area (Å²) < 4.78 is 5.07. The number of carboxylic acid groups (broad SMARTS) is 1. The SMILES string of the molecule is C=CCCCCO.C=CCCCCOC(=O)C(C)CC.CCC(C)C(=O)O.O.[H+]. The summed E-state index contributed by atoms with van der Waals surface area (Å²) in [5.41, 5.74) is 0. The highest BCUT2D eigenvalue weighted by atomic mass is 16.5. The maximum absolute atomic E-state index is 11.2. The van der Waals surface area contributed by atoms with E-state index in [4.69, 9.17) is 14.9 Å². The molecule has 0 aromatic rings. The average Bonchev–Trinajstić information content (AvgIpc) is 2.67. The molecule has 0 saturated carbocycles. The molecule has 0 amide bonds. The summed E-state index contributed by atoms with van der Waals surface area (Å²) in [5, 5.41) is 16.4. The third-order valence-corrected chi connectivity index (χ3v) is 3.91. The van der Waals surface area contributed by atoms with Crippen molar-refractivity contribution in [3.8, 4) is 0 Å². The quantitative estimate of drug-likeness (QED) is 0.262. The maximum atomic E-state index is 11.2. The summed E-state index contributed by atoms with van der Waals surface area (Å²) in [6.07, 6.45) is 11.3. The molecule has 6 heteroatoms. The number of aliphatic carboxylic acids is 1. The van der Waals surface area contributed by atoms with Gasteiger partial charge in [-0.15, -0.1) is 13.2 Å². The van der Waals surface area contributed by atoms with Crippen LogP contribution in [0.4, 0.5) is 0 Å². The Kier molecular flexibility index (Phi) is 33.4. The van der Waals surface area contributed by atoms with Gasteiger partial charge in [-0.1, -0.05) is 39.8 Å². The largest absolute Gasteiger partial charge is 1.00 e. The van der Waals surface area contributed by atoms with Crippen molar-refractivity contribution >= 4 is 11.9 Å². The molecule has 0 radical (unpaired) electrons. The number of hydrogen-bond donors (Lipinski definition) is 2. The van der Waals surface area contributed by atoms with Gasteiger partial charge in [0.2, 0.25) is 0 Å². The number of hydrogen-bond acceptors (Lipinski definition) is 4. The smallest absolute Gasteiger partial charge is 0.481 e. The molecular formula is C22H45O6+. The standard InChI is InChI=1S/C11H20O2.C6H12O.C5H10O2.H2O/c1-4-6-7-8-9-13-11(12)10(3)5-2;1-2-3-4-5-6-7;1-3-4(2)5(6)7;/h4,10H,1,5-9H2,2-3H3;2,7H,1,3-6H2;4H,3H2,1-2H3,(H,6,7);1H2/p+1. The van der Waals surface area contributed by atoms with Crippen LogP contribution in [0.15, 0.2) is 25.3 Å². The van der Waals surface area contributed by atoms with E-state index in [1.807, 2.05) is 32.9 Å². The van der Waals surface area contributed by atoms with Gasteiger partial charge in [0.05, 0.1) is 18.4 Å². The fraction of sp³-hybridized carbons (Fsp3) is 0.727. The molecule has 0 heterocycles. The van der Waals surface area contributed by atoms with Gasteiger partial charge in [0, 0.05) is 6.61 Å². The second-order valence-corrected chi connectivity index (χ2v) is 6.42. The van der Waals surface area contributed by atoms with Crippen molar-refractivity contribution in [1.29, 1.82) is 0 Å². The Hall–Kier alpha value is -1.66. The summed E-state index contributed by atoms with van der Waals surface area (Å²) in [5.74, 6) is -0.914. The highest BCUT2D eigenvalue weighted by Gasteiger charge is 2.10. The zero-order valence-electron chi connectivity index (χ0n) is 19.4. The second kappa shape index (κ2) is 27.6. The summed E-state index contributed by atoms with van der Waals surface area (Å²) in [6, 6.07) is 0. The molecule has 0 rings (SSSR count). The van der Waals surface area contributed by atoms with Gasteiger partial charge in [-0.25, -0.2) is 0 Å². The number of ether oxygens (including phenoxy) is 1. The number of esters is 1. The number of aliphatic hydroxyl groups is 1. The van der Waals surface area contributed by atoms with Crippen molar-refractivity contribution < 1.29 is 31.4 Å². The molecule has 6 nitrogen and oxygen atoms in total. The number of aliphatic hydroxyl groups excluding tert-OH is 1. The Morgan fingerprint density at radius 3 is 1.75 bits per heavy atom. The zero-order chi connectivity index (χ0) is 21.5. The van der Waals surface area contributed by atoms with Crippen molar-refractivity contribution in [3.05, 3.63) is 25.3 Å². The fourth-order valence-corrected chi connectivity index (χ4v) is 1.45. The summed E-state index contributed by atoms with van der Waals surface area (Å²) in [7, 11) is 0. The topological polar surface area (TPSA) is 115 Å². The van der Waals surface area contributed by atoms with E-state index in [9.17, 15) is 9.59 Å². The number of allylic oxidation sites excluding steroid dienone is 2. The molecule has 2 atom stereocenters. The molecule has 0 aliphatic heterocycles. The van der Waals surface area contributed by atoms with Crippen molar-refractivity contribution in [2.24, 2.45) is 11.8 Å². The molecule has 0 aliphatic carbocycles. The molecule has 0 bridgehead atoms. The Balaban J connectivity index is -0.000000104. The van der Waals surface area contributed by atoms with Gasteiger partial charge < -0.3 is 20.4 Å². The van der Waals surface area contributed by atoms with Crippen LogP contribution in [0.2, 0.25) is 0 Å². The van der Waals surface area contributed by atoms with Crippen LogP contribution in [0, 0.1) is 11.8 Å². The average molecular weight is 406 g/mol. The molecule has 4 N–H and O–H groups in total. The number of carboxylic acids is 1. The van der Waals surface area contributed by atoms with E-state index < -0.39 is 5.97 Å². The van der Waals surface area contributed by atoms with E-state index in [-0.39, 0.29) is 24.7 Å². The number of unbranched alkanes of at least 4 members (excludes halogenated alkanes) is 4. The van der Waals surface area contributed by atoms with Crippen molar-refractivity contribution in [2.75, 3.05) is 13.2 Å². The van der Waals surface area contributed by atoms with Gasteiger partial charge in [-0.3, -0.25) is 9.59 Å². The summed E-state index contributed by atoms with van der Waals surface area (Å²) >= 11 is 0. The fourth-order valence-electron chi connectivity index (χ4n) is 1.45. The monoisotopic (exact) mass is 405 g/mol. The van der Waals surface area contributed by atoms with Gasteiger partial charge in [0.25, 0.3) is 0 Å². The van der Waals surface area contributed by atoms with Crippen molar-refractivity contribution in [1.82, 2.24) is 0 Å². The molecule has 28 heavy (non-hydrogen) atoms. The molecule has 0 aliphatic rings. The highest BCUT2D eigenvalue weighted by Crippen LogP contribution is 2.04. The summed E-state index contributed by atoms with van der Waals surface area (Å²) in [4.78, 5) is 21.1. The predicted octanol–water partition coefficient (Wildman–Crippen LogP) is 4.67. The van der Waals surface area contributed by atoms with Crippen LogP contribution in [0.3, 0.4) is 0 Å². The van der Waals surface area contributed by atoms with E-state index in [1.54, 1.807) is 6.92 Å². The van der Waals surface area contributed by atoms with E-state index in [2.05, 4.69) is 13.2 Å². The Morgan fingerprint density at radius 2 is 1.43 bits per heavy atom. The lowest BCUT2D eigenvalue weighted by Crippen LogP contribution is -2.14. The molecule has 0 fully saturated rings. The Labute approximate surface area is 173 Å². The van der Waals surface area contributed by atoms with Gasteiger partial charge in [0.1, 0.15) is 0 Å². The van der Waals surface area contributed by atoms with Crippen molar-refractivity contribution in [3.63, 3.8) is 0 Å². The molecule has 0 saturated heterocycles. The van der Waals surface area contributed by atoms with Gasteiger partial charge >= 0.3 is 13.4 Å². The van der Waals surface area contributed by atoms with Crippen LogP contribution in [-0.2, 0) is 14.3 Å². The second-order valence-electron chi connectivity index (χ2n) is 6.42. The lowest BCUT2D eigenvalue weighted by Gasteiger charge is -2.08. The van der Waals surface area contributed by atoms with Crippen LogP contribution in [0.1, 0.15) is 80.5 Å². The van der Waals surface area contributed by atoms with Crippen LogP contribution in [-0.4, -0.2) is 40.8 Å². The van der Waals surface area contributed by atoms with E-state index >= 15 is 0 Å². The molecule has 2 unspecified atom stereocenters. The third-order valence-electron chi connectivity index (χ3n) is 3.91. The summed E-state index contributed by atoms with van der Waals surface area (Å²) in [6.45, 7) is 15.5. The van der Waals surface area contributed by atoms with E-state index in [1.165, 1.54) is 0 Å². The number of rotatable bonds is 13. The maximum Gasteiger partial charge on any atom is 1.00 e. The first-order valence-corrected chi connectivity index (χ1v) is 10.0.